The minimum Gasteiger partial charge on any atom is -0.488 e. The standard InChI is InChI=1S/C19H22N2O2/c1-21(16-11-12-20-13-16)19(22)17-9-5-6-10-18(17)23-14-15-7-3-2-4-8-15/h2-10,16,20H,11-14H2,1H3/t16-/m1/s1. The molecule has 2 aromatic rings. The maximum Gasteiger partial charge on any atom is 0.257 e. The van der Waals surface area contributed by atoms with Crippen molar-refractivity contribution in [1.82, 2.24) is 10.2 Å². The summed E-state index contributed by atoms with van der Waals surface area (Å²) in [7, 11) is 1.87. The molecule has 4 heteroatoms. The number of hydrogen-bond acceptors (Lipinski definition) is 3. The van der Waals surface area contributed by atoms with Crippen molar-refractivity contribution in [2.45, 2.75) is 19.1 Å². The zero-order valence-corrected chi connectivity index (χ0v) is 13.4. The maximum absolute atomic E-state index is 12.8. The summed E-state index contributed by atoms with van der Waals surface area (Å²) in [6, 6.07) is 17.7. The summed E-state index contributed by atoms with van der Waals surface area (Å²) in [5.41, 5.74) is 1.71. The fourth-order valence-electron chi connectivity index (χ4n) is 2.83. The highest BCUT2D eigenvalue weighted by molar-refractivity contribution is 5.97. The number of benzene rings is 2. The third-order valence-corrected chi connectivity index (χ3v) is 4.26. The highest BCUT2D eigenvalue weighted by atomic mass is 16.5. The van der Waals surface area contributed by atoms with E-state index >= 15 is 0 Å². The molecule has 1 fully saturated rings. The smallest absolute Gasteiger partial charge is 0.257 e. The molecule has 0 radical (unpaired) electrons. The van der Waals surface area contributed by atoms with E-state index in [2.05, 4.69) is 5.32 Å². The summed E-state index contributed by atoms with van der Waals surface area (Å²) in [4.78, 5) is 14.6. The molecule has 1 atom stereocenters. The van der Waals surface area contributed by atoms with Crippen LogP contribution in [0, 0.1) is 0 Å². The molecular weight excluding hydrogens is 288 g/mol. The zero-order valence-electron chi connectivity index (χ0n) is 13.4. The quantitative estimate of drug-likeness (QED) is 0.923. The van der Waals surface area contributed by atoms with Crippen LogP contribution in [0.1, 0.15) is 22.3 Å². The molecule has 1 amide bonds. The van der Waals surface area contributed by atoms with Gasteiger partial charge in [-0.3, -0.25) is 4.79 Å². The van der Waals surface area contributed by atoms with Gasteiger partial charge in [0, 0.05) is 19.6 Å². The fourth-order valence-corrected chi connectivity index (χ4v) is 2.83. The monoisotopic (exact) mass is 310 g/mol. The minimum atomic E-state index is 0.0161. The van der Waals surface area contributed by atoms with E-state index in [1.807, 2.05) is 66.5 Å². The van der Waals surface area contributed by atoms with E-state index in [9.17, 15) is 4.79 Å². The predicted molar refractivity (Wildman–Crippen MR) is 90.6 cm³/mol. The summed E-state index contributed by atoms with van der Waals surface area (Å²) < 4.78 is 5.89. The first-order valence-electron chi connectivity index (χ1n) is 7.99. The third-order valence-electron chi connectivity index (χ3n) is 4.26. The molecule has 0 unspecified atom stereocenters. The molecule has 120 valence electrons. The van der Waals surface area contributed by atoms with Crippen molar-refractivity contribution in [3.8, 4) is 5.75 Å². The van der Waals surface area contributed by atoms with Crippen LogP contribution in [0.4, 0.5) is 0 Å². The van der Waals surface area contributed by atoms with Gasteiger partial charge in [0.25, 0.3) is 5.91 Å². The van der Waals surface area contributed by atoms with E-state index in [0.717, 1.165) is 25.1 Å². The Balaban J connectivity index is 1.73. The average molecular weight is 310 g/mol. The maximum atomic E-state index is 12.8. The van der Waals surface area contributed by atoms with Crippen molar-refractivity contribution in [3.05, 3.63) is 65.7 Å². The van der Waals surface area contributed by atoms with Gasteiger partial charge in [-0.2, -0.15) is 0 Å². The first-order valence-corrected chi connectivity index (χ1v) is 7.99. The van der Waals surface area contributed by atoms with Crippen LogP contribution in [0.5, 0.6) is 5.75 Å². The van der Waals surface area contributed by atoms with E-state index in [4.69, 9.17) is 4.74 Å². The molecule has 4 nitrogen and oxygen atoms in total. The van der Waals surface area contributed by atoms with E-state index in [1.165, 1.54) is 0 Å². The lowest BCUT2D eigenvalue weighted by molar-refractivity contribution is 0.0739. The van der Waals surface area contributed by atoms with Gasteiger partial charge in [0.2, 0.25) is 0 Å². The Morgan fingerprint density at radius 3 is 2.65 bits per heavy atom. The van der Waals surface area contributed by atoms with Crippen molar-refractivity contribution in [2.75, 3.05) is 20.1 Å². The highest BCUT2D eigenvalue weighted by Gasteiger charge is 2.25. The second kappa shape index (κ2) is 7.29. The Labute approximate surface area is 137 Å². The van der Waals surface area contributed by atoms with Crippen LogP contribution in [0.3, 0.4) is 0 Å². The summed E-state index contributed by atoms with van der Waals surface area (Å²) in [5, 5.41) is 3.30. The average Bonchev–Trinajstić information content (AvgIpc) is 3.14. The van der Waals surface area contributed by atoms with Gasteiger partial charge in [-0.15, -0.1) is 0 Å². The van der Waals surface area contributed by atoms with Gasteiger partial charge in [-0.1, -0.05) is 42.5 Å². The molecule has 0 aliphatic carbocycles. The molecule has 2 aromatic carbocycles. The number of carbonyl (C=O) groups excluding carboxylic acids is 1. The first kappa shape index (κ1) is 15.6. The lowest BCUT2D eigenvalue weighted by atomic mass is 10.1. The van der Waals surface area contributed by atoms with Crippen LogP contribution in [0.15, 0.2) is 54.6 Å². The molecule has 0 aromatic heterocycles. The first-order chi connectivity index (χ1) is 11.3. The van der Waals surface area contributed by atoms with E-state index in [0.29, 0.717) is 17.9 Å². The van der Waals surface area contributed by atoms with Gasteiger partial charge in [-0.25, -0.2) is 0 Å². The van der Waals surface area contributed by atoms with Crippen LogP contribution < -0.4 is 10.1 Å². The Morgan fingerprint density at radius 2 is 1.91 bits per heavy atom. The van der Waals surface area contributed by atoms with Crippen molar-refractivity contribution in [3.63, 3.8) is 0 Å². The number of nitrogens with zero attached hydrogens (tertiary/aromatic N) is 1. The van der Waals surface area contributed by atoms with Crippen molar-refractivity contribution < 1.29 is 9.53 Å². The second-order valence-electron chi connectivity index (χ2n) is 5.83. The summed E-state index contributed by atoms with van der Waals surface area (Å²) in [6.45, 7) is 2.28. The number of nitrogens with one attached hydrogen (secondary N) is 1. The molecule has 1 heterocycles. The van der Waals surface area contributed by atoms with Crippen LogP contribution >= 0.6 is 0 Å². The number of rotatable bonds is 5. The van der Waals surface area contributed by atoms with Gasteiger partial charge < -0.3 is 15.0 Å². The molecule has 1 aliphatic heterocycles. The fraction of sp³-hybridized carbons (Fsp3) is 0.316. The number of carbonyl (C=O) groups is 1. The molecule has 1 aliphatic rings. The minimum absolute atomic E-state index is 0.0161. The van der Waals surface area contributed by atoms with Gasteiger partial charge >= 0.3 is 0 Å². The predicted octanol–water partition coefficient (Wildman–Crippen LogP) is 2.70. The zero-order chi connectivity index (χ0) is 16.1. The SMILES string of the molecule is CN(C(=O)c1ccccc1OCc1ccccc1)[C@@H]1CCNC1. The highest BCUT2D eigenvalue weighted by Crippen LogP contribution is 2.22. The van der Waals surface area contributed by atoms with Crippen molar-refractivity contribution >= 4 is 5.91 Å². The lowest BCUT2D eigenvalue weighted by Gasteiger charge is -2.24. The molecule has 0 bridgehead atoms. The Bertz CT molecular complexity index is 651. The molecule has 23 heavy (non-hydrogen) atoms. The van der Waals surface area contributed by atoms with Crippen molar-refractivity contribution in [1.29, 1.82) is 0 Å². The largest absolute Gasteiger partial charge is 0.488 e. The normalized spacial score (nSPS) is 17.0. The van der Waals surface area contributed by atoms with Crippen LogP contribution in [0.25, 0.3) is 0 Å². The number of amides is 1. The number of ether oxygens (including phenoxy) is 1. The Morgan fingerprint density at radius 1 is 1.17 bits per heavy atom. The van der Waals surface area contributed by atoms with Gasteiger partial charge in [0.1, 0.15) is 12.4 Å². The van der Waals surface area contributed by atoms with Gasteiger partial charge in [0.15, 0.2) is 0 Å². The van der Waals surface area contributed by atoms with Crippen LogP contribution in [0.2, 0.25) is 0 Å². The second-order valence-corrected chi connectivity index (χ2v) is 5.83. The number of likely N-dealkylation sites (N-methyl/N-ethyl adjacent to an activating group) is 1. The van der Waals surface area contributed by atoms with E-state index in [-0.39, 0.29) is 11.9 Å². The molecule has 3 rings (SSSR count). The number of para-hydroxylation sites is 1. The Hall–Kier alpha value is -2.33. The molecule has 0 saturated carbocycles. The molecule has 1 saturated heterocycles. The lowest BCUT2D eigenvalue weighted by Crippen LogP contribution is -2.38. The summed E-state index contributed by atoms with van der Waals surface area (Å²) >= 11 is 0. The number of hydrogen-bond donors (Lipinski definition) is 1. The van der Waals surface area contributed by atoms with Gasteiger partial charge in [0.05, 0.1) is 5.56 Å². The van der Waals surface area contributed by atoms with Gasteiger partial charge in [-0.05, 0) is 30.7 Å². The van der Waals surface area contributed by atoms with Crippen LogP contribution in [-0.2, 0) is 6.61 Å². The van der Waals surface area contributed by atoms with Crippen LogP contribution in [-0.4, -0.2) is 37.0 Å². The third kappa shape index (κ3) is 3.71. The van der Waals surface area contributed by atoms with Crippen molar-refractivity contribution in [2.24, 2.45) is 0 Å². The summed E-state index contributed by atoms with van der Waals surface area (Å²) in [5.74, 6) is 0.654. The molecular formula is C19H22N2O2. The topological polar surface area (TPSA) is 41.6 Å². The molecule has 1 N–H and O–H groups in total. The summed E-state index contributed by atoms with van der Waals surface area (Å²) in [6.07, 6.45) is 0.995. The van der Waals surface area contributed by atoms with E-state index < -0.39 is 0 Å². The van der Waals surface area contributed by atoms with E-state index in [1.54, 1.807) is 0 Å². The molecule has 0 spiro atoms. The Kier molecular flexibility index (Phi) is 4.93.